The van der Waals surface area contributed by atoms with Crippen LogP contribution in [0.15, 0.2) is 42.5 Å². The number of aromatic nitrogens is 2. The molecule has 122 valence electrons. The minimum absolute atomic E-state index is 0.183. The summed E-state index contributed by atoms with van der Waals surface area (Å²) in [5.41, 5.74) is 1.59. The van der Waals surface area contributed by atoms with Gasteiger partial charge in [-0.3, -0.25) is 4.68 Å². The molecular formula is C17H11Cl2FN2O2. The number of hydrogen-bond acceptors (Lipinski definition) is 2. The monoisotopic (exact) mass is 364 g/mol. The van der Waals surface area contributed by atoms with Crippen LogP contribution in [-0.2, 0) is 11.3 Å². The molecule has 0 amide bonds. The van der Waals surface area contributed by atoms with Gasteiger partial charge in [-0.05, 0) is 36.4 Å². The van der Waals surface area contributed by atoms with E-state index in [0.29, 0.717) is 26.7 Å². The van der Waals surface area contributed by atoms with Crippen molar-refractivity contribution in [1.29, 1.82) is 0 Å². The molecule has 3 rings (SSSR count). The van der Waals surface area contributed by atoms with Crippen LogP contribution in [0.3, 0.4) is 0 Å². The molecule has 0 saturated carbocycles. The van der Waals surface area contributed by atoms with E-state index in [2.05, 4.69) is 5.10 Å². The summed E-state index contributed by atoms with van der Waals surface area (Å²) in [6.07, 6.45) is 2.38. The quantitative estimate of drug-likeness (QED) is 0.686. The molecule has 0 spiro atoms. The lowest BCUT2D eigenvalue weighted by atomic mass is 10.2. The first kappa shape index (κ1) is 16.5. The molecule has 0 aliphatic carbocycles. The van der Waals surface area contributed by atoms with Crippen LogP contribution >= 0.6 is 23.2 Å². The van der Waals surface area contributed by atoms with Crippen LogP contribution in [0.4, 0.5) is 4.39 Å². The smallest absolute Gasteiger partial charge is 0.328 e. The van der Waals surface area contributed by atoms with Crippen LogP contribution in [-0.4, -0.2) is 20.9 Å². The second-order valence-corrected chi connectivity index (χ2v) is 5.98. The van der Waals surface area contributed by atoms with Crippen molar-refractivity contribution in [3.8, 4) is 0 Å². The van der Waals surface area contributed by atoms with Crippen LogP contribution in [0.2, 0.25) is 10.0 Å². The van der Waals surface area contributed by atoms with Crippen molar-refractivity contribution in [3.05, 3.63) is 69.6 Å². The summed E-state index contributed by atoms with van der Waals surface area (Å²) in [6, 6.07) is 9.59. The van der Waals surface area contributed by atoms with E-state index in [1.165, 1.54) is 12.1 Å². The molecule has 7 heteroatoms. The maximum atomic E-state index is 14.0. The normalized spacial score (nSPS) is 11.5. The van der Waals surface area contributed by atoms with Gasteiger partial charge in [-0.2, -0.15) is 5.10 Å². The Morgan fingerprint density at radius 3 is 2.62 bits per heavy atom. The highest BCUT2D eigenvalue weighted by molar-refractivity contribution is 6.31. The first-order valence-corrected chi connectivity index (χ1v) is 7.70. The molecule has 0 fully saturated rings. The maximum absolute atomic E-state index is 14.0. The number of carboxylic acids is 1. The summed E-state index contributed by atoms with van der Waals surface area (Å²) in [4.78, 5) is 10.7. The summed E-state index contributed by atoms with van der Waals surface area (Å²) in [5.74, 6) is -1.51. The number of fused-ring (bicyclic) bond motifs is 1. The fourth-order valence-electron chi connectivity index (χ4n) is 2.38. The van der Waals surface area contributed by atoms with E-state index < -0.39 is 11.8 Å². The van der Waals surface area contributed by atoms with Gasteiger partial charge in [0.2, 0.25) is 0 Å². The standard InChI is InChI=1S/C17H11Cl2FN2O2/c18-11-3-5-16-13(7-11)15(4-6-17(23)24)21-22(16)9-10-1-2-12(19)8-14(10)20/h1-8H,9H2,(H,23,24)/b6-4+. The van der Waals surface area contributed by atoms with Crippen molar-refractivity contribution in [3.63, 3.8) is 0 Å². The Kier molecular flexibility index (Phi) is 4.55. The zero-order valence-corrected chi connectivity index (χ0v) is 13.7. The Bertz CT molecular complexity index is 967. The van der Waals surface area contributed by atoms with Crippen molar-refractivity contribution in [2.24, 2.45) is 0 Å². The summed E-state index contributed by atoms with van der Waals surface area (Å²) < 4.78 is 15.6. The highest BCUT2D eigenvalue weighted by Gasteiger charge is 2.12. The molecule has 3 aromatic rings. The third-order valence-electron chi connectivity index (χ3n) is 3.46. The summed E-state index contributed by atoms with van der Waals surface area (Å²) in [6.45, 7) is 0.183. The van der Waals surface area contributed by atoms with Crippen LogP contribution in [0, 0.1) is 5.82 Å². The molecule has 0 unspecified atom stereocenters. The van der Waals surface area contributed by atoms with Gasteiger partial charge in [0.1, 0.15) is 5.82 Å². The lowest BCUT2D eigenvalue weighted by Gasteiger charge is -2.05. The maximum Gasteiger partial charge on any atom is 0.328 e. The Hall–Kier alpha value is -2.37. The predicted octanol–water partition coefficient (Wildman–Crippen LogP) is 4.63. The number of benzene rings is 2. The highest BCUT2D eigenvalue weighted by atomic mass is 35.5. The van der Waals surface area contributed by atoms with Gasteiger partial charge in [-0.15, -0.1) is 0 Å². The van der Waals surface area contributed by atoms with E-state index in [9.17, 15) is 9.18 Å². The minimum atomic E-state index is -1.08. The van der Waals surface area contributed by atoms with Crippen LogP contribution in [0.1, 0.15) is 11.3 Å². The minimum Gasteiger partial charge on any atom is -0.478 e. The van der Waals surface area contributed by atoms with Crippen molar-refractivity contribution >= 4 is 46.2 Å². The van der Waals surface area contributed by atoms with Crippen molar-refractivity contribution in [1.82, 2.24) is 9.78 Å². The van der Waals surface area contributed by atoms with Crippen molar-refractivity contribution in [2.45, 2.75) is 6.54 Å². The van der Waals surface area contributed by atoms with Crippen LogP contribution in [0.25, 0.3) is 17.0 Å². The van der Waals surface area contributed by atoms with Gasteiger partial charge in [0, 0.05) is 27.1 Å². The van der Waals surface area contributed by atoms with E-state index in [4.69, 9.17) is 28.3 Å². The molecular weight excluding hydrogens is 354 g/mol. The van der Waals surface area contributed by atoms with Crippen molar-refractivity contribution < 1.29 is 14.3 Å². The van der Waals surface area contributed by atoms with Gasteiger partial charge in [-0.1, -0.05) is 29.3 Å². The molecule has 0 saturated heterocycles. The van der Waals surface area contributed by atoms with E-state index in [1.54, 1.807) is 35.0 Å². The second-order valence-electron chi connectivity index (χ2n) is 5.11. The largest absolute Gasteiger partial charge is 0.478 e. The topological polar surface area (TPSA) is 55.1 Å². The Morgan fingerprint density at radius 1 is 1.21 bits per heavy atom. The first-order valence-electron chi connectivity index (χ1n) is 6.95. The van der Waals surface area contributed by atoms with Crippen LogP contribution in [0.5, 0.6) is 0 Å². The van der Waals surface area contributed by atoms with Gasteiger partial charge in [0.05, 0.1) is 17.8 Å². The fraction of sp³-hybridized carbons (Fsp3) is 0.0588. The number of nitrogens with zero attached hydrogens (tertiary/aromatic N) is 2. The first-order chi connectivity index (χ1) is 11.4. The zero-order chi connectivity index (χ0) is 17.3. The van der Waals surface area contributed by atoms with Gasteiger partial charge in [-0.25, -0.2) is 9.18 Å². The van der Waals surface area contributed by atoms with E-state index >= 15 is 0 Å². The number of rotatable bonds is 4. The Balaban J connectivity index is 2.09. The number of carboxylic acid groups (broad SMARTS) is 1. The van der Waals surface area contributed by atoms with Gasteiger partial charge >= 0.3 is 5.97 Å². The number of carbonyl (C=O) groups is 1. The average Bonchev–Trinajstić information content (AvgIpc) is 2.85. The highest BCUT2D eigenvalue weighted by Crippen LogP contribution is 2.25. The SMILES string of the molecule is O=C(O)/C=C/c1nn(Cc2ccc(Cl)cc2F)c2ccc(Cl)cc12. The van der Waals surface area contributed by atoms with E-state index in [1.807, 2.05) is 0 Å². The third-order valence-corrected chi connectivity index (χ3v) is 3.93. The third kappa shape index (κ3) is 3.42. The molecule has 0 aliphatic rings. The fourth-order valence-corrected chi connectivity index (χ4v) is 2.71. The molecule has 0 bridgehead atoms. The molecule has 2 aromatic carbocycles. The molecule has 1 heterocycles. The number of halogens is 3. The summed E-state index contributed by atoms with van der Waals surface area (Å²) in [5, 5.41) is 14.7. The summed E-state index contributed by atoms with van der Waals surface area (Å²) >= 11 is 11.8. The van der Waals surface area contributed by atoms with Crippen molar-refractivity contribution in [2.75, 3.05) is 0 Å². The lowest BCUT2D eigenvalue weighted by molar-refractivity contribution is -0.131. The summed E-state index contributed by atoms with van der Waals surface area (Å²) in [7, 11) is 0. The average molecular weight is 365 g/mol. The second kappa shape index (κ2) is 6.63. The van der Waals surface area contributed by atoms with E-state index in [0.717, 1.165) is 11.6 Å². The molecule has 4 nitrogen and oxygen atoms in total. The molecule has 1 N–H and O–H groups in total. The number of aliphatic carboxylic acids is 1. The van der Waals surface area contributed by atoms with Gasteiger partial charge < -0.3 is 5.11 Å². The number of hydrogen-bond donors (Lipinski definition) is 1. The van der Waals surface area contributed by atoms with Gasteiger partial charge in [0.15, 0.2) is 0 Å². The molecule has 0 atom stereocenters. The Labute approximate surface area is 146 Å². The van der Waals surface area contributed by atoms with E-state index in [-0.39, 0.29) is 6.54 Å². The molecule has 0 aliphatic heterocycles. The molecule has 0 radical (unpaired) electrons. The molecule has 1 aromatic heterocycles. The van der Waals surface area contributed by atoms with Gasteiger partial charge in [0.25, 0.3) is 0 Å². The van der Waals surface area contributed by atoms with Crippen LogP contribution < -0.4 is 0 Å². The predicted molar refractivity (Wildman–Crippen MR) is 91.9 cm³/mol. The zero-order valence-electron chi connectivity index (χ0n) is 12.2. The molecule has 24 heavy (non-hydrogen) atoms. The lowest BCUT2D eigenvalue weighted by Crippen LogP contribution is -2.04. The Morgan fingerprint density at radius 2 is 1.92 bits per heavy atom.